The number of ether oxygens (including phenoxy) is 1. The van der Waals surface area contributed by atoms with Crippen molar-refractivity contribution in [1.82, 2.24) is 10.6 Å². The van der Waals surface area contributed by atoms with Crippen LogP contribution in [0.4, 0.5) is 4.79 Å². The van der Waals surface area contributed by atoms with Crippen LogP contribution in [0.5, 0.6) is 0 Å². The predicted octanol–water partition coefficient (Wildman–Crippen LogP) is 1.54. The molecule has 0 saturated carbocycles. The number of rotatable bonds is 5. The van der Waals surface area contributed by atoms with Crippen LogP contribution in [0.2, 0.25) is 0 Å². The topological polar surface area (TPSA) is 87.7 Å². The molecule has 1 aromatic rings. The number of carboxylic acid groups (broad SMARTS) is 1. The van der Waals surface area contributed by atoms with Crippen molar-refractivity contribution in [3.05, 3.63) is 35.9 Å². The van der Waals surface area contributed by atoms with E-state index in [0.29, 0.717) is 18.7 Å². The normalized spacial score (nSPS) is 22.5. The monoisotopic (exact) mass is 292 g/mol. The molecule has 3 atom stereocenters. The average molecular weight is 292 g/mol. The number of benzene rings is 1. The van der Waals surface area contributed by atoms with Crippen molar-refractivity contribution in [1.29, 1.82) is 0 Å². The van der Waals surface area contributed by atoms with Gasteiger partial charge in [0.1, 0.15) is 0 Å². The van der Waals surface area contributed by atoms with E-state index in [0.717, 1.165) is 6.42 Å². The van der Waals surface area contributed by atoms with E-state index < -0.39 is 18.0 Å². The molecule has 2 amide bonds. The summed E-state index contributed by atoms with van der Waals surface area (Å²) in [6.07, 6.45) is 1.03. The molecule has 1 saturated heterocycles. The van der Waals surface area contributed by atoms with E-state index in [-0.39, 0.29) is 12.0 Å². The van der Waals surface area contributed by atoms with E-state index in [2.05, 4.69) is 10.6 Å². The number of carboxylic acids is 1. The fourth-order valence-electron chi connectivity index (χ4n) is 2.38. The zero-order valence-electron chi connectivity index (χ0n) is 11.9. The smallest absolute Gasteiger partial charge is 0.330 e. The minimum Gasteiger partial charge on any atom is -0.479 e. The van der Waals surface area contributed by atoms with Crippen molar-refractivity contribution in [3.8, 4) is 0 Å². The summed E-state index contributed by atoms with van der Waals surface area (Å²) in [6.45, 7) is 3.16. The fraction of sp³-hybridized carbons (Fsp3) is 0.467. The zero-order chi connectivity index (χ0) is 15.2. The van der Waals surface area contributed by atoms with Gasteiger partial charge in [-0.25, -0.2) is 9.59 Å². The summed E-state index contributed by atoms with van der Waals surface area (Å²) in [6, 6.07) is 7.08. The number of carbonyl (C=O) groups excluding carboxylic acids is 1. The van der Waals surface area contributed by atoms with E-state index in [1.54, 1.807) is 30.3 Å². The van der Waals surface area contributed by atoms with Crippen molar-refractivity contribution < 1.29 is 19.4 Å². The van der Waals surface area contributed by atoms with Crippen LogP contribution in [0.1, 0.15) is 24.9 Å². The van der Waals surface area contributed by atoms with Gasteiger partial charge in [0.25, 0.3) is 0 Å². The van der Waals surface area contributed by atoms with Crippen LogP contribution in [0, 0.1) is 5.92 Å². The van der Waals surface area contributed by atoms with Gasteiger partial charge in [-0.3, -0.25) is 0 Å². The first kappa shape index (κ1) is 15.3. The summed E-state index contributed by atoms with van der Waals surface area (Å²) in [5.41, 5.74) is 0.540. The van der Waals surface area contributed by atoms with Crippen LogP contribution in [0.15, 0.2) is 30.3 Å². The Hall–Kier alpha value is -2.08. The molecule has 1 aromatic carbocycles. The second-order valence-electron chi connectivity index (χ2n) is 5.16. The second kappa shape index (κ2) is 7.08. The first-order chi connectivity index (χ1) is 10.1. The lowest BCUT2D eigenvalue weighted by molar-refractivity contribution is -0.139. The summed E-state index contributed by atoms with van der Waals surface area (Å²) in [5, 5.41) is 14.4. The maximum absolute atomic E-state index is 11.9. The lowest BCUT2D eigenvalue weighted by atomic mass is 10.0. The minimum absolute atomic E-state index is 0.120. The number of urea groups is 1. The molecule has 1 fully saturated rings. The first-order valence-corrected chi connectivity index (χ1v) is 7.01. The molecule has 1 heterocycles. The highest BCUT2D eigenvalue weighted by atomic mass is 16.5. The highest BCUT2D eigenvalue weighted by Crippen LogP contribution is 2.19. The van der Waals surface area contributed by atoms with Crippen molar-refractivity contribution in [2.24, 2.45) is 5.92 Å². The molecule has 0 aromatic heterocycles. The Kier molecular flexibility index (Phi) is 5.16. The van der Waals surface area contributed by atoms with Gasteiger partial charge in [0, 0.05) is 19.1 Å². The maximum atomic E-state index is 11.9. The van der Waals surface area contributed by atoms with E-state index >= 15 is 0 Å². The Balaban J connectivity index is 1.88. The number of aliphatic carboxylic acids is 1. The summed E-state index contributed by atoms with van der Waals surface area (Å²) >= 11 is 0. The molecule has 114 valence electrons. The van der Waals surface area contributed by atoms with Gasteiger partial charge in [0.15, 0.2) is 6.04 Å². The molecule has 0 aliphatic carbocycles. The summed E-state index contributed by atoms with van der Waals surface area (Å²) in [5.74, 6) is -0.815. The number of nitrogens with one attached hydrogen (secondary N) is 2. The fourth-order valence-corrected chi connectivity index (χ4v) is 2.38. The molecule has 1 aliphatic heterocycles. The number of hydrogen-bond donors (Lipinski definition) is 3. The molecule has 2 unspecified atom stereocenters. The first-order valence-electron chi connectivity index (χ1n) is 7.01. The van der Waals surface area contributed by atoms with Crippen LogP contribution in [0.25, 0.3) is 0 Å². The third-order valence-corrected chi connectivity index (χ3v) is 3.71. The van der Waals surface area contributed by atoms with Crippen LogP contribution in [0.3, 0.4) is 0 Å². The van der Waals surface area contributed by atoms with Crippen molar-refractivity contribution in [2.45, 2.75) is 25.5 Å². The lowest BCUT2D eigenvalue weighted by Gasteiger charge is -2.18. The summed E-state index contributed by atoms with van der Waals surface area (Å²) < 4.78 is 5.42. The third-order valence-electron chi connectivity index (χ3n) is 3.71. The van der Waals surface area contributed by atoms with E-state index in [4.69, 9.17) is 4.74 Å². The number of amides is 2. The van der Waals surface area contributed by atoms with Gasteiger partial charge in [-0.2, -0.15) is 0 Å². The standard InChI is InChI=1S/C15H20N2O4/c1-10-12(7-8-21-10)9-16-15(20)17-13(14(18)19)11-5-3-2-4-6-11/h2-6,10,12-13H,7-9H2,1H3,(H,18,19)(H2,16,17,20)/t10?,12?,13-/m0/s1. The Morgan fingerprint density at radius 1 is 1.38 bits per heavy atom. The summed E-state index contributed by atoms with van der Waals surface area (Å²) in [4.78, 5) is 23.2. The molecular formula is C15H20N2O4. The van der Waals surface area contributed by atoms with Gasteiger partial charge in [-0.1, -0.05) is 30.3 Å². The van der Waals surface area contributed by atoms with Gasteiger partial charge < -0.3 is 20.5 Å². The SMILES string of the molecule is CC1OCCC1CNC(=O)N[C@H](C(=O)O)c1ccccc1. The van der Waals surface area contributed by atoms with E-state index in [1.165, 1.54) is 0 Å². The van der Waals surface area contributed by atoms with Gasteiger partial charge >= 0.3 is 12.0 Å². The van der Waals surface area contributed by atoms with Crippen LogP contribution in [-0.4, -0.2) is 36.4 Å². The van der Waals surface area contributed by atoms with Crippen LogP contribution < -0.4 is 10.6 Å². The molecule has 1 aliphatic rings. The van der Waals surface area contributed by atoms with Crippen molar-refractivity contribution in [2.75, 3.05) is 13.2 Å². The van der Waals surface area contributed by atoms with E-state index in [9.17, 15) is 14.7 Å². The predicted molar refractivity (Wildman–Crippen MR) is 76.9 cm³/mol. The minimum atomic E-state index is -1.09. The molecule has 6 nitrogen and oxygen atoms in total. The van der Waals surface area contributed by atoms with Gasteiger partial charge in [0.2, 0.25) is 0 Å². The van der Waals surface area contributed by atoms with Crippen LogP contribution >= 0.6 is 0 Å². The van der Waals surface area contributed by atoms with Gasteiger partial charge in [0.05, 0.1) is 6.10 Å². The quantitative estimate of drug-likeness (QED) is 0.768. The third kappa shape index (κ3) is 4.19. The molecule has 3 N–H and O–H groups in total. The van der Waals surface area contributed by atoms with Crippen LogP contribution in [-0.2, 0) is 9.53 Å². The molecular weight excluding hydrogens is 272 g/mol. The largest absolute Gasteiger partial charge is 0.479 e. The highest BCUT2D eigenvalue weighted by molar-refractivity contribution is 5.83. The second-order valence-corrected chi connectivity index (χ2v) is 5.16. The number of carbonyl (C=O) groups is 2. The molecule has 2 rings (SSSR count). The highest BCUT2D eigenvalue weighted by Gasteiger charge is 2.26. The zero-order valence-corrected chi connectivity index (χ0v) is 11.9. The Morgan fingerprint density at radius 3 is 2.67 bits per heavy atom. The molecule has 0 radical (unpaired) electrons. The number of hydrogen-bond acceptors (Lipinski definition) is 3. The maximum Gasteiger partial charge on any atom is 0.330 e. The van der Waals surface area contributed by atoms with Crippen molar-refractivity contribution in [3.63, 3.8) is 0 Å². The van der Waals surface area contributed by atoms with Crippen molar-refractivity contribution >= 4 is 12.0 Å². The molecule has 0 spiro atoms. The Labute approximate surface area is 123 Å². The average Bonchev–Trinajstić information content (AvgIpc) is 2.88. The van der Waals surface area contributed by atoms with Gasteiger partial charge in [-0.15, -0.1) is 0 Å². The van der Waals surface area contributed by atoms with Gasteiger partial charge in [-0.05, 0) is 18.9 Å². The molecule has 21 heavy (non-hydrogen) atoms. The van der Waals surface area contributed by atoms with E-state index in [1.807, 2.05) is 6.92 Å². The molecule has 6 heteroatoms. The Morgan fingerprint density at radius 2 is 2.10 bits per heavy atom. The summed E-state index contributed by atoms with van der Waals surface area (Å²) in [7, 11) is 0. The lowest BCUT2D eigenvalue weighted by Crippen LogP contribution is -2.43. The Bertz CT molecular complexity index is 492. The molecule has 0 bridgehead atoms.